The van der Waals surface area contributed by atoms with E-state index in [2.05, 4.69) is 22.0 Å². The lowest BCUT2D eigenvalue weighted by atomic mass is 10.1. The van der Waals surface area contributed by atoms with E-state index in [4.69, 9.17) is 9.47 Å². The first-order valence-electron chi connectivity index (χ1n) is 4.67. The number of hydrogen-bond acceptors (Lipinski definition) is 2. The second kappa shape index (κ2) is 5.91. The van der Waals surface area contributed by atoms with Crippen LogP contribution in [0.4, 0.5) is 0 Å². The maximum absolute atomic E-state index is 5.42. The highest BCUT2D eigenvalue weighted by Crippen LogP contribution is 2.28. The molecule has 0 spiro atoms. The van der Waals surface area contributed by atoms with Crippen LogP contribution >= 0.6 is 15.9 Å². The zero-order valence-electron chi connectivity index (χ0n) is 8.55. The zero-order chi connectivity index (χ0) is 10.4. The lowest BCUT2D eigenvalue weighted by Crippen LogP contribution is -1.96. The van der Waals surface area contributed by atoms with Crippen LogP contribution in [-0.2, 0) is 6.42 Å². The Bertz CT molecular complexity index is 287. The number of hydrogen-bond donors (Lipinski definition) is 0. The van der Waals surface area contributed by atoms with E-state index in [1.807, 2.05) is 19.1 Å². The largest absolute Gasteiger partial charge is 0.493 e. The molecule has 3 heteroatoms. The second-order valence-corrected chi connectivity index (χ2v) is 3.65. The van der Waals surface area contributed by atoms with Gasteiger partial charge in [-0.25, -0.2) is 0 Å². The first-order chi connectivity index (χ1) is 6.81. The number of rotatable bonds is 5. The van der Waals surface area contributed by atoms with Gasteiger partial charge in [0, 0.05) is 5.33 Å². The Hall–Kier alpha value is -0.700. The molecule has 78 valence electrons. The minimum Gasteiger partial charge on any atom is -0.493 e. The van der Waals surface area contributed by atoms with Crippen LogP contribution in [0, 0.1) is 0 Å². The van der Waals surface area contributed by atoms with Crippen LogP contribution in [0.5, 0.6) is 11.5 Å². The summed E-state index contributed by atoms with van der Waals surface area (Å²) in [6, 6.07) is 6.04. The molecule has 0 aliphatic carbocycles. The summed E-state index contributed by atoms with van der Waals surface area (Å²) in [6.07, 6.45) is 1.00. The Kier molecular flexibility index (Phi) is 4.80. The molecule has 14 heavy (non-hydrogen) atoms. The zero-order valence-corrected chi connectivity index (χ0v) is 10.1. The van der Waals surface area contributed by atoms with E-state index in [1.54, 1.807) is 7.11 Å². The lowest BCUT2D eigenvalue weighted by Gasteiger charge is -2.10. The fraction of sp³-hybridized carbons (Fsp3) is 0.455. The highest BCUT2D eigenvalue weighted by Gasteiger charge is 2.04. The van der Waals surface area contributed by atoms with E-state index < -0.39 is 0 Å². The molecule has 0 atom stereocenters. The molecule has 1 rings (SSSR count). The van der Waals surface area contributed by atoms with Gasteiger partial charge in [0.15, 0.2) is 11.5 Å². The highest BCUT2D eigenvalue weighted by molar-refractivity contribution is 9.09. The molecule has 0 aliphatic heterocycles. The van der Waals surface area contributed by atoms with Crippen molar-refractivity contribution in [1.82, 2.24) is 0 Å². The summed E-state index contributed by atoms with van der Waals surface area (Å²) >= 11 is 3.41. The molecule has 0 saturated carbocycles. The molecule has 0 aromatic heterocycles. The average molecular weight is 259 g/mol. The van der Waals surface area contributed by atoms with Crippen LogP contribution in [0.2, 0.25) is 0 Å². The predicted molar refractivity (Wildman–Crippen MR) is 61.7 cm³/mol. The molecule has 0 fully saturated rings. The van der Waals surface area contributed by atoms with Crippen LogP contribution in [0.1, 0.15) is 12.5 Å². The molecule has 1 aromatic carbocycles. The van der Waals surface area contributed by atoms with Crippen molar-refractivity contribution in [2.75, 3.05) is 19.0 Å². The fourth-order valence-corrected chi connectivity index (χ4v) is 1.71. The second-order valence-electron chi connectivity index (χ2n) is 2.86. The molecular formula is C11H15BrO2. The molecule has 0 aliphatic rings. The predicted octanol–water partition coefficient (Wildman–Crippen LogP) is 3.03. The van der Waals surface area contributed by atoms with Crippen molar-refractivity contribution in [3.05, 3.63) is 23.8 Å². The minimum atomic E-state index is 0.661. The third-order valence-electron chi connectivity index (χ3n) is 1.91. The third kappa shape index (κ3) is 2.91. The van der Waals surface area contributed by atoms with Gasteiger partial charge in [-0.05, 0) is 31.0 Å². The average Bonchev–Trinajstić information content (AvgIpc) is 2.21. The summed E-state index contributed by atoms with van der Waals surface area (Å²) in [4.78, 5) is 0. The van der Waals surface area contributed by atoms with E-state index in [-0.39, 0.29) is 0 Å². The Morgan fingerprint density at radius 2 is 2.07 bits per heavy atom. The molecule has 0 saturated heterocycles. The SMILES string of the molecule is CCOc1ccc(CCBr)cc1OC. The van der Waals surface area contributed by atoms with Gasteiger partial charge in [-0.1, -0.05) is 22.0 Å². The van der Waals surface area contributed by atoms with E-state index in [0.717, 1.165) is 23.2 Å². The lowest BCUT2D eigenvalue weighted by molar-refractivity contribution is 0.310. The summed E-state index contributed by atoms with van der Waals surface area (Å²) in [7, 11) is 1.66. The van der Waals surface area contributed by atoms with Gasteiger partial charge in [-0.3, -0.25) is 0 Å². The van der Waals surface area contributed by atoms with Crippen molar-refractivity contribution in [3.8, 4) is 11.5 Å². The van der Waals surface area contributed by atoms with Gasteiger partial charge < -0.3 is 9.47 Å². The number of halogens is 1. The molecule has 0 N–H and O–H groups in total. The van der Waals surface area contributed by atoms with Gasteiger partial charge in [-0.2, -0.15) is 0 Å². The Morgan fingerprint density at radius 1 is 1.29 bits per heavy atom. The third-order valence-corrected chi connectivity index (χ3v) is 2.31. The molecular weight excluding hydrogens is 244 g/mol. The van der Waals surface area contributed by atoms with E-state index >= 15 is 0 Å². The summed E-state index contributed by atoms with van der Waals surface area (Å²) in [5, 5.41) is 0.962. The first kappa shape index (κ1) is 11.4. The van der Waals surface area contributed by atoms with Crippen molar-refractivity contribution in [2.45, 2.75) is 13.3 Å². The van der Waals surface area contributed by atoms with Crippen LogP contribution in [0.15, 0.2) is 18.2 Å². The molecule has 0 bridgehead atoms. The normalized spacial score (nSPS) is 9.93. The van der Waals surface area contributed by atoms with Crippen molar-refractivity contribution >= 4 is 15.9 Å². The Balaban J connectivity index is 2.87. The number of aryl methyl sites for hydroxylation is 1. The Morgan fingerprint density at radius 3 is 2.64 bits per heavy atom. The van der Waals surface area contributed by atoms with Gasteiger partial charge in [0.1, 0.15) is 0 Å². The number of alkyl halides is 1. The van der Waals surface area contributed by atoms with E-state index in [1.165, 1.54) is 5.56 Å². The van der Waals surface area contributed by atoms with Crippen molar-refractivity contribution < 1.29 is 9.47 Å². The topological polar surface area (TPSA) is 18.5 Å². The monoisotopic (exact) mass is 258 g/mol. The maximum atomic E-state index is 5.42. The minimum absolute atomic E-state index is 0.661. The van der Waals surface area contributed by atoms with Crippen LogP contribution in [0.3, 0.4) is 0 Å². The first-order valence-corrected chi connectivity index (χ1v) is 5.79. The van der Waals surface area contributed by atoms with Crippen molar-refractivity contribution in [1.29, 1.82) is 0 Å². The van der Waals surface area contributed by atoms with Crippen molar-refractivity contribution in [3.63, 3.8) is 0 Å². The van der Waals surface area contributed by atoms with E-state index in [0.29, 0.717) is 6.61 Å². The standard InChI is InChI=1S/C11H15BrO2/c1-3-14-10-5-4-9(6-7-12)8-11(10)13-2/h4-5,8H,3,6-7H2,1-2H3. The molecule has 0 amide bonds. The van der Waals surface area contributed by atoms with E-state index in [9.17, 15) is 0 Å². The van der Waals surface area contributed by atoms with Crippen LogP contribution in [0.25, 0.3) is 0 Å². The molecule has 0 heterocycles. The molecule has 1 aromatic rings. The van der Waals surface area contributed by atoms with Crippen LogP contribution < -0.4 is 9.47 Å². The summed E-state index contributed by atoms with van der Waals surface area (Å²) < 4.78 is 10.7. The summed E-state index contributed by atoms with van der Waals surface area (Å²) in [6.45, 7) is 2.62. The van der Waals surface area contributed by atoms with Crippen molar-refractivity contribution in [2.24, 2.45) is 0 Å². The summed E-state index contributed by atoms with van der Waals surface area (Å²) in [5.74, 6) is 1.62. The van der Waals surface area contributed by atoms with Crippen LogP contribution in [-0.4, -0.2) is 19.0 Å². The van der Waals surface area contributed by atoms with Gasteiger partial charge in [0.05, 0.1) is 13.7 Å². The molecule has 2 nitrogen and oxygen atoms in total. The number of methoxy groups -OCH3 is 1. The smallest absolute Gasteiger partial charge is 0.161 e. The Labute approximate surface area is 93.4 Å². The fourth-order valence-electron chi connectivity index (χ4n) is 1.25. The van der Waals surface area contributed by atoms with Gasteiger partial charge >= 0.3 is 0 Å². The van der Waals surface area contributed by atoms with Gasteiger partial charge in [-0.15, -0.1) is 0 Å². The van der Waals surface area contributed by atoms with Gasteiger partial charge in [0.25, 0.3) is 0 Å². The number of ether oxygens (including phenoxy) is 2. The highest BCUT2D eigenvalue weighted by atomic mass is 79.9. The summed E-state index contributed by atoms with van der Waals surface area (Å²) in [5.41, 5.74) is 1.25. The number of benzene rings is 1. The maximum Gasteiger partial charge on any atom is 0.161 e. The molecule has 0 radical (unpaired) electrons. The molecule has 0 unspecified atom stereocenters. The van der Waals surface area contributed by atoms with Gasteiger partial charge in [0.2, 0.25) is 0 Å². The quantitative estimate of drug-likeness (QED) is 0.757.